The second-order valence-corrected chi connectivity index (χ2v) is 4.98. The Kier molecular flexibility index (Phi) is 7.39. The zero-order chi connectivity index (χ0) is 12.5. The maximum atomic E-state index is 9.65. The normalized spacial score (nSPS) is 14.8. The van der Waals surface area contributed by atoms with Crippen LogP contribution < -0.4 is 5.32 Å². The molecule has 0 aliphatic carbocycles. The van der Waals surface area contributed by atoms with Crippen LogP contribution in [-0.2, 0) is 11.3 Å². The number of hydrogen-bond acceptors (Lipinski definition) is 5. The first-order valence-electron chi connectivity index (χ1n) is 5.88. The van der Waals surface area contributed by atoms with Gasteiger partial charge in [-0.1, -0.05) is 13.0 Å². The lowest BCUT2D eigenvalue weighted by Crippen LogP contribution is -2.39. The van der Waals surface area contributed by atoms with Gasteiger partial charge in [-0.25, -0.2) is 0 Å². The molecule has 0 aliphatic rings. The van der Waals surface area contributed by atoms with E-state index in [0.717, 1.165) is 11.3 Å². The number of nitrogens with one attached hydrogen (secondary N) is 1. The van der Waals surface area contributed by atoms with Crippen molar-refractivity contribution in [2.24, 2.45) is 0 Å². The first kappa shape index (κ1) is 14.6. The number of ether oxygens (including phenoxy) is 1. The van der Waals surface area contributed by atoms with E-state index in [0.29, 0.717) is 19.8 Å². The smallest absolute Gasteiger partial charge is 0.0897 e. The van der Waals surface area contributed by atoms with Crippen LogP contribution in [0.1, 0.15) is 18.2 Å². The molecular weight excluding hydrogens is 238 g/mol. The van der Waals surface area contributed by atoms with Crippen LogP contribution in [0.5, 0.6) is 0 Å². The summed E-state index contributed by atoms with van der Waals surface area (Å²) >= 11 is 1.64. The SMILES string of the molecule is CCC(CO)NCC(O)COCc1cccs1. The van der Waals surface area contributed by atoms with Gasteiger partial charge in [-0.05, 0) is 17.9 Å². The van der Waals surface area contributed by atoms with Gasteiger partial charge in [0.2, 0.25) is 0 Å². The third-order valence-corrected chi connectivity index (χ3v) is 3.34. The fourth-order valence-electron chi connectivity index (χ4n) is 1.39. The summed E-state index contributed by atoms with van der Waals surface area (Å²) in [7, 11) is 0. The van der Waals surface area contributed by atoms with E-state index in [1.54, 1.807) is 11.3 Å². The van der Waals surface area contributed by atoms with Crippen LogP contribution in [0.3, 0.4) is 0 Å². The van der Waals surface area contributed by atoms with Crippen molar-refractivity contribution in [1.29, 1.82) is 0 Å². The summed E-state index contributed by atoms with van der Waals surface area (Å²) in [5.74, 6) is 0. The molecule has 0 aliphatic heterocycles. The van der Waals surface area contributed by atoms with Crippen molar-refractivity contribution in [2.75, 3.05) is 19.8 Å². The van der Waals surface area contributed by atoms with Gasteiger partial charge in [0.1, 0.15) is 0 Å². The Bertz CT molecular complexity index is 275. The van der Waals surface area contributed by atoms with Crippen molar-refractivity contribution in [3.05, 3.63) is 22.4 Å². The van der Waals surface area contributed by atoms with Crippen molar-refractivity contribution in [3.8, 4) is 0 Å². The molecule has 0 radical (unpaired) electrons. The Balaban J connectivity index is 2.06. The highest BCUT2D eigenvalue weighted by Crippen LogP contribution is 2.09. The first-order valence-corrected chi connectivity index (χ1v) is 6.76. The molecule has 2 unspecified atom stereocenters. The van der Waals surface area contributed by atoms with Crippen LogP contribution >= 0.6 is 11.3 Å². The highest BCUT2D eigenvalue weighted by atomic mass is 32.1. The standard InChI is InChI=1S/C12H21NO3S/c1-2-10(7-14)13-6-11(15)8-16-9-12-4-3-5-17-12/h3-5,10-11,13-15H,2,6-9H2,1H3. The third kappa shape index (κ3) is 6.14. The lowest BCUT2D eigenvalue weighted by atomic mass is 10.2. The molecule has 3 N–H and O–H groups in total. The van der Waals surface area contributed by atoms with Gasteiger partial charge in [0.05, 0.1) is 25.9 Å². The minimum Gasteiger partial charge on any atom is -0.395 e. The lowest BCUT2D eigenvalue weighted by molar-refractivity contribution is 0.0275. The van der Waals surface area contributed by atoms with Crippen LogP contribution in [0.4, 0.5) is 0 Å². The summed E-state index contributed by atoms with van der Waals surface area (Å²) in [4.78, 5) is 1.16. The molecule has 0 amide bonds. The van der Waals surface area contributed by atoms with E-state index >= 15 is 0 Å². The van der Waals surface area contributed by atoms with E-state index in [4.69, 9.17) is 9.84 Å². The molecule has 0 saturated heterocycles. The fourth-order valence-corrected chi connectivity index (χ4v) is 2.03. The number of rotatable bonds is 9. The van der Waals surface area contributed by atoms with Crippen LogP contribution in [-0.4, -0.2) is 42.1 Å². The van der Waals surface area contributed by atoms with Crippen molar-refractivity contribution >= 4 is 11.3 Å². The average molecular weight is 259 g/mol. The van der Waals surface area contributed by atoms with Crippen LogP contribution in [0.15, 0.2) is 17.5 Å². The minimum atomic E-state index is -0.532. The van der Waals surface area contributed by atoms with Gasteiger partial charge in [-0.2, -0.15) is 0 Å². The molecule has 0 bridgehead atoms. The maximum absolute atomic E-state index is 9.65. The molecule has 1 aromatic heterocycles. The fraction of sp³-hybridized carbons (Fsp3) is 0.667. The molecule has 2 atom stereocenters. The van der Waals surface area contributed by atoms with Crippen LogP contribution in [0.2, 0.25) is 0 Å². The van der Waals surface area contributed by atoms with Gasteiger partial charge in [-0.3, -0.25) is 0 Å². The maximum Gasteiger partial charge on any atom is 0.0897 e. The van der Waals surface area contributed by atoms with E-state index in [1.807, 2.05) is 24.4 Å². The van der Waals surface area contributed by atoms with E-state index in [-0.39, 0.29) is 12.6 Å². The van der Waals surface area contributed by atoms with Crippen LogP contribution in [0, 0.1) is 0 Å². The second kappa shape index (κ2) is 8.60. The van der Waals surface area contributed by atoms with Gasteiger partial charge in [0.15, 0.2) is 0 Å². The van der Waals surface area contributed by atoms with E-state index in [1.165, 1.54) is 0 Å². The average Bonchev–Trinajstić information content (AvgIpc) is 2.83. The highest BCUT2D eigenvalue weighted by molar-refractivity contribution is 7.09. The number of thiophene rings is 1. The molecule has 0 fully saturated rings. The summed E-state index contributed by atoms with van der Waals surface area (Å²) in [5.41, 5.74) is 0. The van der Waals surface area contributed by atoms with Gasteiger partial charge in [0, 0.05) is 17.5 Å². The molecule has 5 heteroatoms. The lowest BCUT2D eigenvalue weighted by Gasteiger charge is -2.17. The Morgan fingerprint density at radius 1 is 1.53 bits per heavy atom. The molecule has 4 nitrogen and oxygen atoms in total. The van der Waals surface area contributed by atoms with Gasteiger partial charge in [-0.15, -0.1) is 11.3 Å². The Labute approximate surface area is 106 Å². The van der Waals surface area contributed by atoms with Crippen molar-refractivity contribution in [1.82, 2.24) is 5.32 Å². The summed E-state index contributed by atoms with van der Waals surface area (Å²) in [6, 6.07) is 4.05. The van der Waals surface area contributed by atoms with E-state index < -0.39 is 6.10 Å². The summed E-state index contributed by atoms with van der Waals surface area (Å²) in [5, 5.41) is 23.7. The van der Waals surface area contributed by atoms with Crippen LogP contribution in [0.25, 0.3) is 0 Å². The van der Waals surface area contributed by atoms with Gasteiger partial charge in [0.25, 0.3) is 0 Å². The number of hydrogen-bond donors (Lipinski definition) is 3. The van der Waals surface area contributed by atoms with Gasteiger partial charge < -0.3 is 20.3 Å². The number of aliphatic hydroxyl groups excluding tert-OH is 2. The first-order chi connectivity index (χ1) is 8.26. The topological polar surface area (TPSA) is 61.7 Å². The predicted octanol–water partition coefficient (Wildman–Crippen LogP) is 0.986. The van der Waals surface area contributed by atoms with Crippen molar-refractivity contribution < 1.29 is 14.9 Å². The Morgan fingerprint density at radius 2 is 2.35 bits per heavy atom. The van der Waals surface area contributed by atoms with Gasteiger partial charge >= 0.3 is 0 Å². The van der Waals surface area contributed by atoms with E-state index in [9.17, 15) is 5.11 Å². The third-order valence-electron chi connectivity index (χ3n) is 2.49. The highest BCUT2D eigenvalue weighted by Gasteiger charge is 2.08. The second-order valence-electron chi connectivity index (χ2n) is 3.94. The van der Waals surface area contributed by atoms with E-state index in [2.05, 4.69) is 5.32 Å². The largest absolute Gasteiger partial charge is 0.395 e. The molecular formula is C12H21NO3S. The zero-order valence-corrected chi connectivity index (χ0v) is 10.9. The number of aliphatic hydroxyl groups is 2. The van der Waals surface area contributed by atoms with Crippen molar-refractivity contribution in [2.45, 2.75) is 32.1 Å². The zero-order valence-electron chi connectivity index (χ0n) is 10.1. The molecule has 98 valence electrons. The monoisotopic (exact) mass is 259 g/mol. The molecule has 1 aromatic rings. The molecule has 0 aromatic carbocycles. The molecule has 17 heavy (non-hydrogen) atoms. The van der Waals surface area contributed by atoms with Crippen molar-refractivity contribution in [3.63, 3.8) is 0 Å². The molecule has 0 saturated carbocycles. The minimum absolute atomic E-state index is 0.0574. The Morgan fingerprint density at radius 3 is 2.94 bits per heavy atom. The predicted molar refractivity (Wildman–Crippen MR) is 69.1 cm³/mol. The summed E-state index contributed by atoms with van der Waals surface area (Å²) < 4.78 is 5.40. The quantitative estimate of drug-likeness (QED) is 0.619. The Hall–Kier alpha value is -0.460. The summed E-state index contributed by atoms with van der Waals surface area (Å²) in [6.45, 7) is 3.40. The molecule has 1 heterocycles. The molecule has 1 rings (SSSR count). The summed E-state index contributed by atoms with van der Waals surface area (Å²) in [6.07, 6.45) is 0.315. The molecule has 0 spiro atoms.